The molecule has 5 heteroatoms. The lowest BCUT2D eigenvalue weighted by Crippen LogP contribution is -1.98. The van der Waals surface area contributed by atoms with Crippen LogP contribution in [0.5, 0.6) is 5.75 Å². The van der Waals surface area contributed by atoms with Gasteiger partial charge in [-0.05, 0) is 29.8 Å². The highest BCUT2D eigenvalue weighted by molar-refractivity contribution is 7.98. The minimum Gasteiger partial charge on any atom is -0.493 e. The van der Waals surface area contributed by atoms with Gasteiger partial charge >= 0.3 is 5.97 Å². The molecule has 0 atom stereocenters. The van der Waals surface area contributed by atoms with Crippen LogP contribution in [0, 0.1) is 0 Å². The molecule has 0 aromatic heterocycles. The van der Waals surface area contributed by atoms with E-state index in [1.54, 1.807) is 12.1 Å². The van der Waals surface area contributed by atoms with Crippen molar-refractivity contribution >= 4 is 29.3 Å². The Labute approximate surface area is 131 Å². The maximum atomic E-state index is 11.2. The minimum absolute atomic E-state index is 0.321. The number of carboxylic acids is 1. The van der Waals surface area contributed by atoms with Crippen LogP contribution in [0.25, 0.3) is 0 Å². The Hall–Kier alpha value is -1.65. The van der Waals surface area contributed by atoms with Crippen molar-refractivity contribution in [3.63, 3.8) is 0 Å². The molecule has 0 spiro atoms. The minimum atomic E-state index is -0.911. The highest BCUT2D eigenvalue weighted by Crippen LogP contribution is 2.37. The van der Waals surface area contributed by atoms with E-state index in [4.69, 9.17) is 16.3 Å². The van der Waals surface area contributed by atoms with Crippen molar-refractivity contribution in [2.75, 3.05) is 6.61 Å². The lowest BCUT2D eigenvalue weighted by atomic mass is 10.1. The van der Waals surface area contributed by atoms with E-state index in [2.05, 4.69) is 0 Å². The molecule has 108 valence electrons. The van der Waals surface area contributed by atoms with Crippen molar-refractivity contribution in [1.82, 2.24) is 0 Å². The number of rotatable bonds is 4. The van der Waals surface area contributed by atoms with Gasteiger partial charge in [-0.1, -0.05) is 23.7 Å². The summed E-state index contributed by atoms with van der Waals surface area (Å²) in [5, 5.41) is 9.90. The van der Waals surface area contributed by atoms with Gasteiger partial charge in [0.25, 0.3) is 0 Å². The second-order valence-corrected chi connectivity index (χ2v) is 6.20. The highest BCUT2D eigenvalue weighted by atomic mass is 35.5. The molecule has 1 heterocycles. The molecular weight excluding hydrogens is 308 g/mol. The number of benzene rings is 2. The molecule has 0 bridgehead atoms. The van der Waals surface area contributed by atoms with E-state index in [0.717, 1.165) is 28.2 Å². The Balaban J connectivity index is 1.85. The van der Waals surface area contributed by atoms with E-state index in [0.29, 0.717) is 22.9 Å². The summed E-state index contributed by atoms with van der Waals surface area (Å²) >= 11 is 7.62. The molecule has 0 radical (unpaired) electrons. The number of carbonyl (C=O) groups is 1. The number of fused-ring (bicyclic) bond motifs is 1. The molecule has 0 unspecified atom stereocenters. The van der Waals surface area contributed by atoms with Crippen molar-refractivity contribution < 1.29 is 14.6 Å². The van der Waals surface area contributed by atoms with Crippen LogP contribution in [0.2, 0.25) is 5.02 Å². The number of thioether (sulfide) groups is 1. The van der Waals surface area contributed by atoms with Crippen molar-refractivity contribution in [1.29, 1.82) is 0 Å². The largest absolute Gasteiger partial charge is 0.493 e. The molecule has 0 saturated heterocycles. The number of hydrogen-bond acceptors (Lipinski definition) is 3. The number of ether oxygens (including phenoxy) is 1. The molecule has 3 nitrogen and oxygen atoms in total. The van der Waals surface area contributed by atoms with E-state index in [1.807, 2.05) is 24.3 Å². The van der Waals surface area contributed by atoms with Gasteiger partial charge in [0.15, 0.2) is 0 Å². The summed E-state index contributed by atoms with van der Waals surface area (Å²) in [4.78, 5) is 12.0. The molecule has 1 N–H and O–H groups in total. The van der Waals surface area contributed by atoms with Gasteiger partial charge in [-0.3, -0.25) is 0 Å². The van der Waals surface area contributed by atoms with Gasteiger partial charge < -0.3 is 9.84 Å². The molecule has 1 aliphatic heterocycles. The molecule has 2 aromatic rings. The van der Waals surface area contributed by atoms with Crippen LogP contribution in [-0.2, 0) is 12.2 Å². The van der Waals surface area contributed by atoms with Gasteiger partial charge in [0.1, 0.15) is 5.75 Å². The Morgan fingerprint density at radius 2 is 2.14 bits per heavy atom. The van der Waals surface area contributed by atoms with Crippen LogP contribution >= 0.6 is 23.4 Å². The third kappa shape index (κ3) is 3.01. The average Bonchev–Trinajstić information content (AvgIpc) is 2.93. The Morgan fingerprint density at radius 3 is 2.95 bits per heavy atom. The zero-order valence-electron chi connectivity index (χ0n) is 11.1. The van der Waals surface area contributed by atoms with Crippen LogP contribution < -0.4 is 4.74 Å². The van der Waals surface area contributed by atoms with Crippen molar-refractivity contribution in [2.45, 2.75) is 17.1 Å². The second-order valence-electron chi connectivity index (χ2n) is 4.74. The number of aromatic carboxylic acids is 1. The predicted molar refractivity (Wildman–Crippen MR) is 83.6 cm³/mol. The van der Waals surface area contributed by atoms with E-state index in [1.165, 1.54) is 11.8 Å². The van der Waals surface area contributed by atoms with Crippen molar-refractivity contribution in [3.05, 3.63) is 58.1 Å². The average molecular weight is 321 g/mol. The molecule has 21 heavy (non-hydrogen) atoms. The first kappa shape index (κ1) is 14.3. The van der Waals surface area contributed by atoms with E-state index in [9.17, 15) is 9.90 Å². The van der Waals surface area contributed by atoms with Gasteiger partial charge in [-0.25, -0.2) is 4.79 Å². The summed E-state index contributed by atoms with van der Waals surface area (Å²) in [6.07, 6.45) is 0.874. The topological polar surface area (TPSA) is 46.5 Å². The molecule has 0 aliphatic carbocycles. The monoisotopic (exact) mass is 320 g/mol. The maximum absolute atomic E-state index is 11.2. The van der Waals surface area contributed by atoms with Gasteiger partial charge in [0.2, 0.25) is 0 Å². The summed E-state index contributed by atoms with van der Waals surface area (Å²) in [7, 11) is 0. The van der Waals surface area contributed by atoms with Crippen LogP contribution in [0.1, 0.15) is 21.5 Å². The smallest absolute Gasteiger partial charge is 0.336 e. The van der Waals surface area contributed by atoms with Crippen LogP contribution in [0.4, 0.5) is 0 Å². The predicted octanol–water partition coefficient (Wildman–Crippen LogP) is 4.27. The van der Waals surface area contributed by atoms with Crippen molar-refractivity contribution in [2.24, 2.45) is 0 Å². The Kier molecular flexibility index (Phi) is 4.08. The molecule has 2 aromatic carbocycles. The third-order valence-electron chi connectivity index (χ3n) is 3.33. The molecular formula is C16H13ClO3S. The lowest BCUT2D eigenvalue weighted by Gasteiger charge is -2.10. The van der Waals surface area contributed by atoms with Gasteiger partial charge in [-0.2, -0.15) is 0 Å². The zero-order valence-corrected chi connectivity index (χ0v) is 12.7. The fourth-order valence-electron chi connectivity index (χ4n) is 2.38. The quantitative estimate of drug-likeness (QED) is 0.855. The van der Waals surface area contributed by atoms with Crippen molar-refractivity contribution in [3.8, 4) is 5.75 Å². The number of carboxylic acid groups (broad SMARTS) is 1. The fourth-order valence-corrected chi connectivity index (χ4v) is 3.65. The normalized spacial score (nSPS) is 12.8. The van der Waals surface area contributed by atoms with Crippen LogP contribution in [0.3, 0.4) is 0 Å². The molecule has 1 aliphatic rings. The zero-order chi connectivity index (χ0) is 14.8. The van der Waals surface area contributed by atoms with Gasteiger partial charge in [-0.15, -0.1) is 11.8 Å². The van der Waals surface area contributed by atoms with Gasteiger partial charge in [0.05, 0.1) is 12.2 Å². The first-order chi connectivity index (χ1) is 10.1. The SMILES string of the molecule is O=C(O)c1ccccc1SCc1cc(Cl)cc2c1OCC2. The van der Waals surface area contributed by atoms with Gasteiger partial charge in [0, 0.05) is 27.7 Å². The second kappa shape index (κ2) is 6.00. The number of halogens is 1. The summed E-state index contributed by atoms with van der Waals surface area (Å²) < 4.78 is 5.66. The number of hydrogen-bond donors (Lipinski definition) is 1. The standard InChI is InChI=1S/C16H13ClO3S/c17-12-7-10-5-6-20-15(10)11(8-12)9-21-14-4-2-1-3-13(14)16(18)19/h1-4,7-8H,5-6,9H2,(H,18,19). The fraction of sp³-hybridized carbons (Fsp3) is 0.188. The highest BCUT2D eigenvalue weighted by Gasteiger charge is 2.18. The van der Waals surface area contributed by atoms with E-state index < -0.39 is 5.97 Å². The summed E-state index contributed by atoms with van der Waals surface area (Å²) in [6, 6.07) is 10.8. The lowest BCUT2D eigenvalue weighted by molar-refractivity contribution is 0.0693. The first-order valence-electron chi connectivity index (χ1n) is 6.54. The summed E-state index contributed by atoms with van der Waals surface area (Å²) in [5.41, 5.74) is 2.46. The Morgan fingerprint density at radius 1 is 1.33 bits per heavy atom. The molecule has 3 rings (SSSR count). The van der Waals surface area contributed by atoms with Crippen LogP contribution in [0.15, 0.2) is 41.3 Å². The molecule has 0 fully saturated rings. The van der Waals surface area contributed by atoms with E-state index in [-0.39, 0.29) is 0 Å². The summed E-state index contributed by atoms with van der Waals surface area (Å²) in [5.74, 6) is 0.623. The third-order valence-corrected chi connectivity index (χ3v) is 4.67. The maximum Gasteiger partial charge on any atom is 0.336 e. The summed E-state index contributed by atoms with van der Waals surface area (Å²) in [6.45, 7) is 0.680. The molecule has 0 saturated carbocycles. The Bertz CT molecular complexity index is 700. The van der Waals surface area contributed by atoms with Crippen LogP contribution in [-0.4, -0.2) is 17.7 Å². The van der Waals surface area contributed by atoms with E-state index >= 15 is 0 Å². The molecule has 0 amide bonds. The first-order valence-corrected chi connectivity index (χ1v) is 7.91.